The van der Waals surface area contributed by atoms with E-state index < -0.39 is 0 Å². The fraction of sp³-hybridized carbons (Fsp3) is 0.571. The van der Waals surface area contributed by atoms with E-state index in [4.69, 9.17) is 0 Å². The topological polar surface area (TPSA) is 58.4 Å². The number of benzene rings is 1. The second kappa shape index (κ2) is 6.02. The lowest BCUT2D eigenvalue weighted by atomic mass is 10.0. The lowest BCUT2D eigenvalue weighted by Crippen LogP contribution is -2.36. The third-order valence-electron chi connectivity index (χ3n) is 3.85. The van der Waals surface area contributed by atoms with Crippen molar-refractivity contribution in [2.75, 3.05) is 18.9 Å². The van der Waals surface area contributed by atoms with E-state index in [-0.39, 0.29) is 10.6 Å². The van der Waals surface area contributed by atoms with Crippen LogP contribution in [0.2, 0.25) is 0 Å². The van der Waals surface area contributed by atoms with Crippen LogP contribution in [0.4, 0.5) is 11.4 Å². The van der Waals surface area contributed by atoms with Gasteiger partial charge in [-0.3, -0.25) is 15.0 Å². The molecular weight excluding hydrogens is 242 g/mol. The summed E-state index contributed by atoms with van der Waals surface area (Å²) < 4.78 is 0. The molecule has 0 bridgehead atoms. The van der Waals surface area contributed by atoms with Gasteiger partial charge < -0.3 is 5.32 Å². The van der Waals surface area contributed by atoms with Gasteiger partial charge in [0.05, 0.1) is 4.92 Å². The molecule has 2 rings (SSSR count). The van der Waals surface area contributed by atoms with Gasteiger partial charge in [0.2, 0.25) is 0 Å². The van der Waals surface area contributed by atoms with Crippen LogP contribution >= 0.6 is 0 Å². The number of nitrogens with zero attached hydrogens (tertiary/aromatic N) is 2. The van der Waals surface area contributed by atoms with Crippen LogP contribution in [-0.4, -0.2) is 29.5 Å². The van der Waals surface area contributed by atoms with Crippen molar-refractivity contribution in [3.05, 3.63) is 33.9 Å². The Labute approximate surface area is 113 Å². The lowest BCUT2D eigenvalue weighted by molar-refractivity contribution is -0.384. The Hall–Kier alpha value is -1.62. The van der Waals surface area contributed by atoms with Gasteiger partial charge in [-0.2, -0.15) is 0 Å². The van der Waals surface area contributed by atoms with E-state index in [1.807, 2.05) is 12.1 Å². The second-order valence-electron chi connectivity index (χ2n) is 5.17. The molecule has 0 radical (unpaired) electrons. The first-order chi connectivity index (χ1) is 9.11. The van der Waals surface area contributed by atoms with Crippen molar-refractivity contribution >= 4 is 11.4 Å². The number of hydrogen-bond acceptors (Lipinski definition) is 4. The molecule has 1 N–H and O–H groups in total. The summed E-state index contributed by atoms with van der Waals surface area (Å²) in [7, 11) is 1.72. The first-order valence-corrected chi connectivity index (χ1v) is 6.81. The number of nitro benzene ring substituents is 1. The Morgan fingerprint density at radius 3 is 2.89 bits per heavy atom. The van der Waals surface area contributed by atoms with Gasteiger partial charge in [-0.25, -0.2) is 0 Å². The molecule has 19 heavy (non-hydrogen) atoms. The maximum Gasteiger partial charge on any atom is 0.292 e. The summed E-state index contributed by atoms with van der Waals surface area (Å²) in [5.41, 5.74) is 1.86. The number of nitro groups is 1. The molecule has 1 aromatic rings. The zero-order chi connectivity index (χ0) is 13.8. The van der Waals surface area contributed by atoms with Crippen LogP contribution in [0.1, 0.15) is 31.7 Å². The van der Waals surface area contributed by atoms with Crippen molar-refractivity contribution in [1.29, 1.82) is 0 Å². The SMILES string of the molecule is CNc1cc(CN2CCCCC2C)ccc1[N+](=O)[O-]. The van der Waals surface area contributed by atoms with Gasteiger partial charge >= 0.3 is 0 Å². The molecule has 1 atom stereocenters. The van der Waals surface area contributed by atoms with Crippen molar-refractivity contribution in [2.24, 2.45) is 0 Å². The molecule has 104 valence electrons. The maximum atomic E-state index is 10.9. The van der Waals surface area contributed by atoms with Gasteiger partial charge in [0.15, 0.2) is 0 Å². The van der Waals surface area contributed by atoms with Crippen molar-refractivity contribution in [3.63, 3.8) is 0 Å². The van der Waals surface area contributed by atoms with Gasteiger partial charge in [0.1, 0.15) is 5.69 Å². The predicted octanol–water partition coefficient (Wildman–Crippen LogP) is 3.01. The monoisotopic (exact) mass is 263 g/mol. The highest BCUT2D eigenvalue weighted by Crippen LogP contribution is 2.27. The molecule has 1 fully saturated rings. The molecule has 0 spiro atoms. The van der Waals surface area contributed by atoms with E-state index in [9.17, 15) is 10.1 Å². The molecule has 0 aromatic heterocycles. The van der Waals surface area contributed by atoms with E-state index in [1.165, 1.54) is 19.3 Å². The van der Waals surface area contributed by atoms with E-state index in [0.717, 1.165) is 18.7 Å². The minimum Gasteiger partial charge on any atom is -0.383 e. The predicted molar refractivity (Wildman–Crippen MR) is 76.4 cm³/mol. The Balaban J connectivity index is 2.14. The van der Waals surface area contributed by atoms with Crippen molar-refractivity contribution in [1.82, 2.24) is 4.90 Å². The number of nitrogens with one attached hydrogen (secondary N) is 1. The van der Waals surface area contributed by atoms with Crippen LogP contribution in [0.15, 0.2) is 18.2 Å². The lowest BCUT2D eigenvalue weighted by Gasteiger charge is -2.33. The number of rotatable bonds is 4. The van der Waals surface area contributed by atoms with Gasteiger partial charge in [0.25, 0.3) is 5.69 Å². The minimum atomic E-state index is -0.348. The smallest absolute Gasteiger partial charge is 0.292 e. The van der Waals surface area contributed by atoms with E-state index in [1.54, 1.807) is 13.1 Å². The molecule has 1 aliphatic heterocycles. The summed E-state index contributed by atoms with van der Waals surface area (Å²) in [6, 6.07) is 5.94. The zero-order valence-electron chi connectivity index (χ0n) is 11.6. The quantitative estimate of drug-likeness (QED) is 0.670. The van der Waals surface area contributed by atoms with Crippen LogP contribution in [0, 0.1) is 10.1 Å². The third-order valence-corrected chi connectivity index (χ3v) is 3.85. The van der Waals surface area contributed by atoms with Crippen LogP contribution < -0.4 is 5.32 Å². The molecule has 1 saturated heterocycles. The number of piperidine rings is 1. The van der Waals surface area contributed by atoms with Gasteiger partial charge in [-0.15, -0.1) is 0 Å². The molecule has 0 amide bonds. The van der Waals surface area contributed by atoms with Gasteiger partial charge in [0, 0.05) is 25.7 Å². The number of anilines is 1. The van der Waals surface area contributed by atoms with E-state index >= 15 is 0 Å². The van der Waals surface area contributed by atoms with Crippen LogP contribution in [0.3, 0.4) is 0 Å². The molecule has 0 saturated carbocycles. The first kappa shape index (κ1) is 13.8. The standard InChI is InChI=1S/C14H21N3O2/c1-11-5-3-4-8-16(11)10-12-6-7-14(17(18)19)13(9-12)15-2/h6-7,9,11,15H,3-5,8,10H2,1-2H3. The summed E-state index contributed by atoms with van der Waals surface area (Å²) in [6.45, 7) is 4.24. The largest absolute Gasteiger partial charge is 0.383 e. The Bertz CT molecular complexity index is 462. The maximum absolute atomic E-state index is 10.9. The van der Waals surface area contributed by atoms with Gasteiger partial charge in [-0.1, -0.05) is 12.5 Å². The highest BCUT2D eigenvalue weighted by Gasteiger charge is 2.19. The molecule has 5 heteroatoms. The van der Waals surface area contributed by atoms with Crippen molar-refractivity contribution in [2.45, 2.75) is 38.8 Å². The van der Waals surface area contributed by atoms with Crippen LogP contribution in [0.5, 0.6) is 0 Å². The fourth-order valence-corrected chi connectivity index (χ4v) is 2.67. The number of likely N-dealkylation sites (tertiary alicyclic amines) is 1. The summed E-state index contributed by atoms with van der Waals surface area (Å²) in [5, 5.41) is 13.8. The summed E-state index contributed by atoms with van der Waals surface area (Å²) >= 11 is 0. The first-order valence-electron chi connectivity index (χ1n) is 6.81. The highest BCUT2D eigenvalue weighted by atomic mass is 16.6. The molecule has 1 heterocycles. The Morgan fingerprint density at radius 2 is 2.26 bits per heavy atom. The summed E-state index contributed by atoms with van der Waals surface area (Å²) in [5.74, 6) is 0. The molecule has 1 aliphatic rings. The zero-order valence-corrected chi connectivity index (χ0v) is 11.6. The molecule has 0 aliphatic carbocycles. The number of hydrogen-bond donors (Lipinski definition) is 1. The molecule has 1 unspecified atom stereocenters. The molecule has 1 aromatic carbocycles. The third kappa shape index (κ3) is 3.23. The highest BCUT2D eigenvalue weighted by molar-refractivity contribution is 5.62. The van der Waals surface area contributed by atoms with Crippen molar-refractivity contribution in [3.8, 4) is 0 Å². The normalized spacial score (nSPS) is 20.2. The van der Waals surface area contributed by atoms with Gasteiger partial charge in [-0.05, 0) is 37.9 Å². The average Bonchev–Trinajstić information content (AvgIpc) is 2.41. The minimum absolute atomic E-state index is 0.137. The fourth-order valence-electron chi connectivity index (χ4n) is 2.67. The van der Waals surface area contributed by atoms with Crippen LogP contribution in [-0.2, 0) is 6.54 Å². The van der Waals surface area contributed by atoms with Crippen LogP contribution in [0.25, 0.3) is 0 Å². The average molecular weight is 263 g/mol. The molecular formula is C14H21N3O2. The summed E-state index contributed by atoms with van der Waals surface area (Å²) in [6.07, 6.45) is 3.79. The Morgan fingerprint density at radius 1 is 1.47 bits per heavy atom. The molecule has 5 nitrogen and oxygen atoms in total. The summed E-state index contributed by atoms with van der Waals surface area (Å²) in [4.78, 5) is 13.0. The Kier molecular flexibility index (Phi) is 4.37. The van der Waals surface area contributed by atoms with E-state index in [0.29, 0.717) is 11.7 Å². The van der Waals surface area contributed by atoms with Crippen molar-refractivity contribution < 1.29 is 4.92 Å². The second-order valence-corrected chi connectivity index (χ2v) is 5.17. The van der Waals surface area contributed by atoms with E-state index in [2.05, 4.69) is 17.1 Å².